The van der Waals surface area contributed by atoms with E-state index in [4.69, 9.17) is 0 Å². The molecule has 2 nitrogen and oxygen atoms in total. The molecule has 2 aromatic rings. The maximum atomic E-state index is 14.4. The maximum Gasteiger partial charge on any atom is 0.128 e. The van der Waals surface area contributed by atoms with Crippen LogP contribution in [-0.2, 0) is 6.42 Å². The average molecular weight is 272 g/mol. The number of nitrogens with one attached hydrogen (secondary N) is 1. The summed E-state index contributed by atoms with van der Waals surface area (Å²) in [5.74, 6) is -0.172. The average Bonchev–Trinajstić information content (AvgIpc) is 2.42. The molecule has 0 spiro atoms. The molecule has 0 aliphatic heterocycles. The number of aromatic nitrogens is 1. The highest BCUT2D eigenvalue weighted by Gasteiger charge is 2.22. The maximum absolute atomic E-state index is 14.4. The second kappa shape index (κ2) is 6.14. The number of aryl methyl sites for hydroxylation is 3. The fourth-order valence-electron chi connectivity index (χ4n) is 2.72. The van der Waals surface area contributed by atoms with E-state index in [1.807, 2.05) is 39.1 Å². The molecule has 20 heavy (non-hydrogen) atoms. The number of rotatable bonds is 4. The Bertz CT molecular complexity index is 585. The van der Waals surface area contributed by atoms with Crippen molar-refractivity contribution in [3.63, 3.8) is 0 Å². The summed E-state index contributed by atoms with van der Waals surface area (Å²) in [7, 11) is 1.84. The first kappa shape index (κ1) is 14.7. The first-order chi connectivity index (χ1) is 9.58. The van der Waals surface area contributed by atoms with Gasteiger partial charge in [-0.05, 0) is 56.1 Å². The summed E-state index contributed by atoms with van der Waals surface area (Å²) in [6.45, 7) is 5.95. The zero-order chi connectivity index (χ0) is 14.7. The molecule has 0 amide bonds. The van der Waals surface area contributed by atoms with Crippen molar-refractivity contribution < 1.29 is 4.39 Å². The summed E-state index contributed by atoms with van der Waals surface area (Å²) in [6, 6.07) is 7.35. The summed E-state index contributed by atoms with van der Waals surface area (Å²) in [6.07, 6.45) is 2.65. The van der Waals surface area contributed by atoms with Crippen molar-refractivity contribution in [3.05, 3.63) is 64.2 Å². The summed E-state index contributed by atoms with van der Waals surface area (Å²) in [5, 5.41) is 3.21. The van der Waals surface area contributed by atoms with Crippen molar-refractivity contribution >= 4 is 0 Å². The second-order valence-electron chi connectivity index (χ2n) is 5.10. The van der Waals surface area contributed by atoms with Gasteiger partial charge in [-0.1, -0.05) is 19.1 Å². The minimum atomic E-state index is -0.216. The van der Waals surface area contributed by atoms with E-state index in [0.29, 0.717) is 5.56 Å². The molecular weight excluding hydrogens is 251 g/mol. The zero-order valence-corrected chi connectivity index (χ0v) is 12.5. The lowest BCUT2D eigenvalue weighted by molar-refractivity contribution is 0.564. The van der Waals surface area contributed by atoms with Crippen molar-refractivity contribution in [1.29, 1.82) is 0 Å². The van der Waals surface area contributed by atoms with Gasteiger partial charge in [0.1, 0.15) is 5.82 Å². The zero-order valence-electron chi connectivity index (χ0n) is 12.5. The van der Waals surface area contributed by atoms with Crippen LogP contribution in [0.4, 0.5) is 4.39 Å². The predicted molar refractivity (Wildman–Crippen MR) is 80.4 cm³/mol. The molecule has 2 rings (SSSR count). The topological polar surface area (TPSA) is 24.9 Å². The van der Waals surface area contributed by atoms with Gasteiger partial charge in [0, 0.05) is 11.8 Å². The molecule has 106 valence electrons. The van der Waals surface area contributed by atoms with Gasteiger partial charge in [-0.15, -0.1) is 0 Å². The molecule has 1 N–H and O–H groups in total. The van der Waals surface area contributed by atoms with Gasteiger partial charge in [-0.25, -0.2) is 4.39 Å². The van der Waals surface area contributed by atoms with Crippen molar-refractivity contribution in [1.82, 2.24) is 10.3 Å². The Labute approximate surface area is 120 Å². The third-order valence-electron chi connectivity index (χ3n) is 3.64. The Kier molecular flexibility index (Phi) is 4.50. The van der Waals surface area contributed by atoms with Crippen LogP contribution in [0.3, 0.4) is 0 Å². The van der Waals surface area contributed by atoms with Gasteiger partial charge in [0.25, 0.3) is 0 Å². The molecule has 1 heterocycles. The standard InChI is InChI=1S/C17H21FN2/c1-5-13-7-6-8-20-16(13)17(19-4)15-12(3)9-11(2)10-14(15)18/h6-10,17,19H,5H2,1-4H3. The van der Waals surface area contributed by atoms with Crippen molar-refractivity contribution in [3.8, 4) is 0 Å². The van der Waals surface area contributed by atoms with E-state index in [1.54, 1.807) is 12.3 Å². The third-order valence-corrected chi connectivity index (χ3v) is 3.64. The summed E-state index contributed by atoms with van der Waals surface area (Å²) in [4.78, 5) is 4.47. The van der Waals surface area contributed by atoms with Crippen LogP contribution in [-0.4, -0.2) is 12.0 Å². The molecule has 1 unspecified atom stereocenters. The van der Waals surface area contributed by atoms with E-state index in [1.165, 1.54) is 0 Å². The Morgan fingerprint density at radius 2 is 2.05 bits per heavy atom. The van der Waals surface area contributed by atoms with E-state index in [0.717, 1.165) is 28.8 Å². The molecule has 1 aromatic heterocycles. The van der Waals surface area contributed by atoms with E-state index < -0.39 is 0 Å². The molecule has 1 atom stereocenters. The SMILES string of the molecule is CCc1cccnc1C(NC)c1c(C)cc(C)cc1F. The number of nitrogens with zero attached hydrogens (tertiary/aromatic N) is 1. The molecule has 0 radical (unpaired) electrons. The van der Waals surface area contributed by atoms with E-state index in [9.17, 15) is 4.39 Å². The summed E-state index contributed by atoms with van der Waals surface area (Å²) in [5.41, 5.74) is 4.63. The fraction of sp³-hybridized carbons (Fsp3) is 0.353. The number of hydrogen-bond donors (Lipinski definition) is 1. The van der Waals surface area contributed by atoms with Gasteiger partial charge in [0.05, 0.1) is 11.7 Å². The Balaban J connectivity index is 2.59. The first-order valence-electron chi connectivity index (χ1n) is 6.96. The number of halogens is 1. The van der Waals surface area contributed by atoms with Gasteiger partial charge < -0.3 is 5.32 Å². The van der Waals surface area contributed by atoms with Crippen LogP contribution in [0.15, 0.2) is 30.5 Å². The lowest BCUT2D eigenvalue weighted by Gasteiger charge is -2.21. The van der Waals surface area contributed by atoms with Crippen LogP contribution >= 0.6 is 0 Å². The minimum absolute atomic E-state index is 0.172. The number of hydrogen-bond acceptors (Lipinski definition) is 2. The lowest BCUT2D eigenvalue weighted by atomic mass is 9.93. The largest absolute Gasteiger partial charge is 0.308 e. The third kappa shape index (κ3) is 2.73. The second-order valence-corrected chi connectivity index (χ2v) is 5.10. The molecule has 0 aliphatic rings. The normalized spacial score (nSPS) is 12.4. The van der Waals surface area contributed by atoms with Crippen LogP contribution in [0.2, 0.25) is 0 Å². The summed E-state index contributed by atoms with van der Waals surface area (Å²) < 4.78 is 14.4. The van der Waals surface area contributed by atoms with Crippen LogP contribution in [0.1, 0.15) is 40.9 Å². The fourth-order valence-corrected chi connectivity index (χ4v) is 2.72. The van der Waals surface area contributed by atoms with Gasteiger partial charge in [-0.2, -0.15) is 0 Å². The molecule has 0 saturated heterocycles. The Morgan fingerprint density at radius 3 is 2.65 bits per heavy atom. The van der Waals surface area contributed by atoms with Crippen LogP contribution < -0.4 is 5.32 Å². The molecule has 0 fully saturated rings. The Morgan fingerprint density at radius 1 is 1.30 bits per heavy atom. The van der Waals surface area contributed by atoms with E-state index in [-0.39, 0.29) is 11.9 Å². The van der Waals surface area contributed by atoms with Gasteiger partial charge >= 0.3 is 0 Å². The molecular formula is C17H21FN2. The predicted octanol–water partition coefficient (Wildman–Crippen LogP) is 3.71. The van der Waals surface area contributed by atoms with Crippen molar-refractivity contribution in [2.45, 2.75) is 33.2 Å². The quantitative estimate of drug-likeness (QED) is 0.917. The molecule has 3 heteroatoms. The van der Waals surface area contributed by atoms with Gasteiger partial charge in [0.15, 0.2) is 0 Å². The van der Waals surface area contributed by atoms with Crippen LogP contribution in [0, 0.1) is 19.7 Å². The van der Waals surface area contributed by atoms with Crippen LogP contribution in [0.25, 0.3) is 0 Å². The molecule has 0 bridgehead atoms. The van der Waals surface area contributed by atoms with Crippen molar-refractivity contribution in [2.24, 2.45) is 0 Å². The number of benzene rings is 1. The summed E-state index contributed by atoms with van der Waals surface area (Å²) >= 11 is 0. The first-order valence-corrected chi connectivity index (χ1v) is 6.96. The van der Waals surface area contributed by atoms with Crippen LogP contribution in [0.5, 0.6) is 0 Å². The number of pyridine rings is 1. The molecule has 0 saturated carbocycles. The Hall–Kier alpha value is -1.74. The van der Waals surface area contributed by atoms with Crippen molar-refractivity contribution in [2.75, 3.05) is 7.05 Å². The highest BCUT2D eigenvalue weighted by Crippen LogP contribution is 2.29. The smallest absolute Gasteiger partial charge is 0.128 e. The molecule has 0 aliphatic carbocycles. The minimum Gasteiger partial charge on any atom is -0.308 e. The molecule has 1 aromatic carbocycles. The van der Waals surface area contributed by atoms with E-state index >= 15 is 0 Å². The highest BCUT2D eigenvalue weighted by molar-refractivity contribution is 5.40. The van der Waals surface area contributed by atoms with Gasteiger partial charge in [-0.3, -0.25) is 4.98 Å². The monoisotopic (exact) mass is 272 g/mol. The van der Waals surface area contributed by atoms with E-state index in [2.05, 4.69) is 17.2 Å². The van der Waals surface area contributed by atoms with Gasteiger partial charge in [0.2, 0.25) is 0 Å². The highest BCUT2D eigenvalue weighted by atomic mass is 19.1. The lowest BCUT2D eigenvalue weighted by Crippen LogP contribution is -2.22.